The topological polar surface area (TPSA) is 32.5 Å². The van der Waals surface area contributed by atoms with Gasteiger partial charge in [-0.05, 0) is 32.6 Å². The number of nitrogens with zero attached hydrogens (tertiary/aromatic N) is 2. The maximum Gasteiger partial charge on any atom is 0.0307 e. The largest absolute Gasteiger partial charge is 0.329 e. The molecule has 0 spiro atoms. The van der Waals surface area contributed by atoms with Crippen LogP contribution < -0.4 is 5.73 Å². The molecule has 0 aromatic carbocycles. The van der Waals surface area contributed by atoms with Gasteiger partial charge in [0.05, 0.1) is 0 Å². The molecule has 1 saturated heterocycles. The molecule has 2 atom stereocenters. The van der Waals surface area contributed by atoms with Crippen molar-refractivity contribution in [1.29, 1.82) is 0 Å². The summed E-state index contributed by atoms with van der Waals surface area (Å²) in [7, 11) is 0. The lowest BCUT2D eigenvalue weighted by Crippen LogP contribution is -2.60. The predicted octanol–water partition coefficient (Wildman–Crippen LogP) is 2.17. The van der Waals surface area contributed by atoms with Gasteiger partial charge in [-0.1, -0.05) is 20.8 Å². The average Bonchev–Trinajstić information content (AvgIpc) is 2.37. The summed E-state index contributed by atoms with van der Waals surface area (Å²) in [6, 6.07) is 0.724. The van der Waals surface area contributed by atoms with E-state index >= 15 is 0 Å². The van der Waals surface area contributed by atoms with Crippen LogP contribution in [0.2, 0.25) is 0 Å². The molecule has 2 N–H and O–H groups in total. The zero-order chi connectivity index (χ0) is 13.8. The van der Waals surface area contributed by atoms with Crippen LogP contribution in [0.15, 0.2) is 0 Å². The van der Waals surface area contributed by atoms with Crippen LogP contribution in [-0.4, -0.2) is 54.1 Å². The van der Waals surface area contributed by atoms with Crippen LogP contribution in [0.25, 0.3) is 0 Å². The fraction of sp³-hybridized carbons (Fsp3) is 1.00. The summed E-state index contributed by atoms with van der Waals surface area (Å²) in [6.45, 7) is 17.1. The molecule has 0 bridgehead atoms. The quantitative estimate of drug-likeness (QED) is 0.789. The van der Waals surface area contributed by atoms with Crippen LogP contribution in [0.3, 0.4) is 0 Å². The van der Waals surface area contributed by atoms with Crippen LogP contribution in [0.5, 0.6) is 0 Å². The number of nitrogens with two attached hydrogens (primary N) is 1. The van der Waals surface area contributed by atoms with Crippen molar-refractivity contribution in [3.63, 3.8) is 0 Å². The van der Waals surface area contributed by atoms with Gasteiger partial charge in [-0.3, -0.25) is 9.80 Å². The maximum atomic E-state index is 6.05. The Labute approximate surface area is 114 Å². The van der Waals surface area contributed by atoms with E-state index in [1.165, 1.54) is 39.0 Å². The highest BCUT2D eigenvalue weighted by molar-refractivity contribution is 4.91. The highest BCUT2D eigenvalue weighted by atomic mass is 15.3. The molecule has 18 heavy (non-hydrogen) atoms. The number of piperazine rings is 1. The minimum atomic E-state index is 0.190. The van der Waals surface area contributed by atoms with Crippen LogP contribution in [0, 0.1) is 5.92 Å². The first kappa shape index (κ1) is 15.9. The zero-order valence-corrected chi connectivity index (χ0v) is 13.1. The average molecular weight is 255 g/mol. The van der Waals surface area contributed by atoms with Crippen LogP contribution in [-0.2, 0) is 0 Å². The van der Waals surface area contributed by atoms with E-state index in [1.807, 2.05) is 0 Å². The van der Waals surface area contributed by atoms with E-state index in [-0.39, 0.29) is 5.54 Å². The number of hydrogen-bond acceptors (Lipinski definition) is 3. The van der Waals surface area contributed by atoms with Gasteiger partial charge >= 0.3 is 0 Å². The zero-order valence-electron chi connectivity index (χ0n) is 13.1. The maximum absolute atomic E-state index is 6.05. The summed E-state index contributed by atoms with van der Waals surface area (Å²) >= 11 is 0. The minimum absolute atomic E-state index is 0.190. The number of rotatable bonds is 6. The second-order valence-electron chi connectivity index (χ2n) is 6.58. The summed E-state index contributed by atoms with van der Waals surface area (Å²) in [5.74, 6) is 0.714. The Morgan fingerprint density at radius 2 is 1.67 bits per heavy atom. The number of hydrogen-bond donors (Lipinski definition) is 1. The van der Waals surface area contributed by atoms with Crippen LogP contribution in [0.1, 0.15) is 47.5 Å². The molecule has 0 amide bonds. The van der Waals surface area contributed by atoms with Crippen LogP contribution in [0.4, 0.5) is 0 Å². The highest BCUT2D eigenvalue weighted by Crippen LogP contribution is 2.25. The van der Waals surface area contributed by atoms with Gasteiger partial charge in [-0.15, -0.1) is 0 Å². The van der Waals surface area contributed by atoms with Gasteiger partial charge in [0.25, 0.3) is 0 Å². The summed E-state index contributed by atoms with van der Waals surface area (Å²) in [4.78, 5) is 5.23. The van der Waals surface area contributed by atoms with Gasteiger partial charge in [-0.25, -0.2) is 0 Å². The molecular formula is C15H33N3. The van der Waals surface area contributed by atoms with Crippen molar-refractivity contribution in [2.45, 2.75) is 59.0 Å². The summed E-state index contributed by atoms with van der Waals surface area (Å²) in [6.07, 6.45) is 2.45. The van der Waals surface area contributed by atoms with E-state index in [0.29, 0.717) is 5.92 Å². The van der Waals surface area contributed by atoms with E-state index < -0.39 is 0 Å². The van der Waals surface area contributed by atoms with Crippen molar-refractivity contribution in [3.05, 3.63) is 0 Å². The van der Waals surface area contributed by atoms with E-state index in [1.54, 1.807) is 0 Å². The van der Waals surface area contributed by atoms with Gasteiger partial charge in [0.15, 0.2) is 0 Å². The van der Waals surface area contributed by atoms with Crippen molar-refractivity contribution < 1.29 is 0 Å². The first-order valence-electron chi connectivity index (χ1n) is 7.62. The van der Waals surface area contributed by atoms with Gasteiger partial charge < -0.3 is 5.73 Å². The third kappa shape index (κ3) is 3.94. The van der Waals surface area contributed by atoms with Crippen molar-refractivity contribution in [3.8, 4) is 0 Å². The fourth-order valence-electron chi connectivity index (χ4n) is 3.18. The lowest BCUT2D eigenvalue weighted by Gasteiger charge is -2.47. The van der Waals surface area contributed by atoms with Crippen molar-refractivity contribution >= 4 is 0 Å². The Bertz CT molecular complexity index is 234. The summed E-state index contributed by atoms with van der Waals surface area (Å²) < 4.78 is 0. The molecule has 0 radical (unpaired) electrons. The Morgan fingerprint density at radius 3 is 2.06 bits per heavy atom. The SMILES string of the molecule is CCC(C)N1CCN(C(C)(CN)CC(C)C)CC1. The third-order valence-corrected chi connectivity index (χ3v) is 4.58. The smallest absolute Gasteiger partial charge is 0.0307 e. The van der Waals surface area contributed by atoms with Crippen molar-refractivity contribution in [2.24, 2.45) is 11.7 Å². The minimum Gasteiger partial charge on any atom is -0.329 e. The monoisotopic (exact) mass is 255 g/mol. The van der Waals surface area contributed by atoms with E-state index in [0.717, 1.165) is 12.6 Å². The van der Waals surface area contributed by atoms with Gasteiger partial charge in [0.1, 0.15) is 0 Å². The molecule has 1 aliphatic rings. The predicted molar refractivity (Wildman–Crippen MR) is 79.8 cm³/mol. The Kier molecular flexibility index (Phi) is 6.09. The molecule has 108 valence electrons. The molecule has 1 fully saturated rings. The molecule has 1 aliphatic heterocycles. The standard InChI is InChI=1S/C15H33N3/c1-6-14(4)17-7-9-18(10-8-17)15(5,12-16)11-13(2)3/h13-14H,6-12,16H2,1-5H3. The molecule has 1 heterocycles. The molecule has 3 heteroatoms. The summed E-state index contributed by atoms with van der Waals surface area (Å²) in [5, 5.41) is 0. The Hall–Kier alpha value is -0.120. The molecule has 3 nitrogen and oxygen atoms in total. The highest BCUT2D eigenvalue weighted by Gasteiger charge is 2.33. The first-order chi connectivity index (χ1) is 8.42. The third-order valence-electron chi connectivity index (χ3n) is 4.58. The van der Waals surface area contributed by atoms with E-state index in [4.69, 9.17) is 5.73 Å². The van der Waals surface area contributed by atoms with Crippen LogP contribution >= 0.6 is 0 Å². The Balaban J connectivity index is 2.54. The lowest BCUT2D eigenvalue weighted by atomic mass is 9.88. The molecule has 0 saturated carbocycles. The lowest BCUT2D eigenvalue weighted by molar-refractivity contribution is 0.0215. The molecule has 0 aromatic rings. The van der Waals surface area contributed by atoms with Gasteiger partial charge in [-0.2, -0.15) is 0 Å². The van der Waals surface area contributed by atoms with E-state index in [9.17, 15) is 0 Å². The molecule has 0 aliphatic carbocycles. The first-order valence-corrected chi connectivity index (χ1v) is 7.62. The molecule has 2 unspecified atom stereocenters. The van der Waals surface area contributed by atoms with Gasteiger partial charge in [0.2, 0.25) is 0 Å². The molecular weight excluding hydrogens is 222 g/mol. The van der Waals surface area contributed by atoms with Gasteiger partial charge in [0, 0.05) is 44.3 Å². The summed E-state index contributed by atoms with van der Waals surface area (Å²) in [5.41, 5.74) is 6.24. The molecule has 0 aromatic heterocycles. The Morgan fingerprint density at radius 1 is 1.11 bits per heavy atom. The van der Waals surface area contributed by atoms with Crippen molar-refractivity contribution in [2.75, 3.05) is 32.7 Å². The molecule has 1 rings (SSSR count). The fourth-order valence-corrected chi connectivity index (χ4v) is 3.18. The van der Waals surface area contributed by atoms with E-state index in [2.05, 4.69) is 44.4 Å². The van der Waals surface area contributed by atoms with Crippen molar-refractivity contribution in [1.82, 2.24) is 9.80 Å². The second-order valence-corrected chi connectivity index (χ2v) is 6.58. The normalized spacial score (nSPS) is 24.2. The second kappa shape index (κ2) is 6.88.